The van der Waals surface area contributed by atoms with Crippen molar-refractivity contribution in [3.8, 4) is 0 Å². The first-order valence-electron chi connectivity index (χ1n) is 5.43. The molecule has 3 atom stereocenters. The second-order valence-corrected chi connectivity index (χ2v) is 6.66. The minimum Gasteiger partial charge on any atom is -0.348 e. The summed E-state index contributed by atoms with van der Waals surface area (Å²) in [5.41, 5.74) is 0. The van der Waals surface area contributed by atoms with Crippen molar-refractivity contribution in [2.45, 2.75) is 32.2 Å². The Bertz CT molecular complexity index is 361. The summed E-state index contributed by atoms with van der Waals surface area (Å²) in [6.07, 6.45) is 2.12. The largest absolute Gasteiger partial charge is 0.348 e. The van der Waals surface area contributed by atoms with E-state index < -0.39 is 15.9 Å². The summed E-state index contributed by atoms with van der Waals surface area (Å²) in [7, 11) is -3.32. The highest BCUT2D eigenvalue weighted by molar-refractivity contribution is 7.85. The Kier molecular flexibility index (Phi) is 3.03. The van der Waals surface area contributed by atoms with E-state index in [4.69, 9.17) is 13.7 Å². The highest BCUT2D eigenvalue weighted by Crippen LogP contribution is 2.46. The zero-order valence-corrected chi connectivity index (χ0v) is 10.6. The van der Waals surface area contributed by atoms with Crippen LogP contribution in [0.2, 0.25) is 0 Å². The van der Waals surface area contributed by atoms with Gasteiger partial charge in [-0.3, -0.25) is 4.18 Å². The molecule has 2 fully saturated rings. The first-order valence-corrected chi connectivity index (χ1v) is 7.25. The van der Waals surface area contributed by atoms with Gasteiger partial charge in [-0.2, -0.15) is 8.42 Å². The monoisotopic (exact) mass is 250 g/mol. The fraction of sp³-hybridized carbons (Fsp3) is 1.00. The molecule has 0 unspecified atom stereocenters. The smallest absolute Gasteiger partial charge is 0.264 e. The minimum absolute atomic E-state index is 0.0863. The molecule has 16 heavy (non-hydrogen) atoms. The van der Waals surface area contributed by atoms with Gasteiger partial charge in [0, 0.05) is 0 Å². The van der Waals surface area contributed by atoms with Gasteiger partial charge in [0.15, 0.2) is 5.79 Å². The van der Waals surface area contributed by atoms with Crippen LogP contribution in [0.4, 0.5) is 0 Å². The van der Waals surface area contributed by atoms with Crippen LogP contribution in [0.5, 0.6) is 0 Å². The van der Waals surface area contributed by atoms with Gasteiger partial charge < -0.3 is 9.47 Å². The number of ether oxygens (including phenoxy) is 2. The summed E-state index contributed by atoms with van der Waals surface area (Å²) in [5, 5.41) is 0. The topological polar surface area (TPSA) is 61.8 Å². The summed E-state index contributed by atoms with van der Waals surface area (Å²) < 4.78 is 37.6. The number of hydrogen-bond donors (Lipinski definition) is 0. The first-order chi connectivity index (χ1) is 7.27. The average Bonchev–Trinajstić information content (AvgIpc) is 2.80. The van der Waals surface area contributed by atoms with Crippen molar-refractivity contribution < 1.29 is 22.1 Å². The Labute approximate surface area is 96.2 Å². The Morgan fingerprint density at radius 3 is 2.62 bits per heavy atom. The summed E-state index contributed by atoms with van der Waals surface area (Å²) in [5.74, 6) is 0.163. The number of rotatable bonds is 4. The van der Waals surface area contributed by atoms with E-state index in [2.05, 4.69) is 0 Å². The van der Waals surface area contributed by atoms with Crippen LogP contribution in [-0.2, 0) is 23.8 Å². The molecule has 1 aliphatic carbocycles. The molecule has 0 amide bonds. The van der Waals surface area contributed by atoms with Gasteiger partial charge in [0.05, 0.1) is 25.6 Å². The van der Waals surface area contributed by atoms with Crippen LogP contribution in [0.15, 0.2) is 0 Å². The van der Waals surface area contributed by atoms with Gasteiger partial charge in [-0.1, -0.05) is 0 Å². The maximum Gasteiger partial charge on any atom is 0.264 e. The zero-order valence-electron chi connectivity index (χ0n) is 9.80. The van der Waals surface area contributed by atoms with E-state index in [9.17, 15) is 8.42 Å². The molecule has 0 N–H and O–H groups in total. The Morgan fingerprint density at radius 1 is 1.44 bits per heavy atom. The van der Waals surface area contributed by atoms with Crippen molar-refractivity contribution in [3.05, 3.63) is 0 Å². The van der Waals surface area contributed by atoms with Gasteiger partial charge in [0.1, 0.15) is 0 Å². The van der Waals surface area contributed by atoms with Crippen LogP contribution in [0.3, 0.4) is 0 Å². The predicted molar refractivity (Wildman–Crippen MR) is 57.3 cm³/mol. The first kappa shape index (κ1) is 12.3. The maximum atomic E-state index is 10.8. The van der Waals surface area contributed by atoms with Crippen molar-refractivity contribution in [1.82, 2.24) is 0 Å². The van der Waals surface area contributed by atoms with E-state index in [1.54, 1.807) is 0 Å². The van der Waals surface area contributed by atoms with E-state index in [-0.39, 0.29) is 18.6 Å². The van der Waals surface area contributed by atoms with Crippen LogP contribution in [0.1, 0.15) is 20.3 Å². The fourth-order valence-electron chi connectivity index (χ4n) is 2.06. The molecule has 5 nitrogen and oxygen atoms in total. The number of hydrogen-bond acceptors (Lipinski definition) is 5. The quantitative estimate of drug-likeness (QED) is 0.689. The van der Waals surface area contributed by atoms with Gasteiger partial charge in [-0.15, -0.1) is 0 Å². The second kappa shape index (κ2) is 3.94. The summed E-state index contributed by atoms with van der Waals surface area (Å²) in [6, 6.07) is 0. The van der Waals surface area contributed by atoms with E-state index in [1.807, 2.05) is 13.8 Å². The molecule has 6 heteroatoms. The molecule has 1 aliphatic heterocycles. The van der Waals surface area contributed by atoms with E-state index in [1.165, 1.54) is 0 Å². The summed E-state index contributed by atoms with van der Waals surface area (Å²) >= 11 is 0. The third-order valence-electron chi connectivity index (χ3n) is 2.98. The molecule has 0 aromatic rings. The lowest BCUT2D eigenvalue weighted by atomic mass is 10.2. The molecular weight excluding hydrogens is 232 g/mol. The van der Waals surface area contributed by atoms with Crippen LogP contribution in [-0.4, -0.2) is 39.8 Å². The molecule has 0 spiro atoms. The van der Waals surface area contributed by atoms with Gasteiger partial charge in [0.25, 0.3) is 10.1 Å². The Hall–Kier alpha value is -0.170. The molecule has 2 aliphatic rings. The van der Waals surface area contributed by atoms with Gasteiger partial charge >= 0.3 is 0 Å². The molecule has 0 aromatic heterocycles. The zero-order chi connectivity index (χ0) is 12.0. The molecular formula is C10H18O5S. The lowest BCUT2D eigenvalue weighted by Crippen LogP contribution is -2.23. The SMILES string of the molecule is CC1(C)OC[C@H]([C@@H]2C[C@@H]2COS(C)(=O)=O)O1. The lowest BCUT2D eigenvalue weighted by molar-refractivity contribution is -0.141. The Morgan fingerprint density at radius 2 is 2.12 bits per heavy atom. The predicted octanol–water partition coefficient (Wildman–Crippen LogP) is 0.750. The van der Waals surface area contributed by atoms with Gasteiger partial charge in [-0.05, 0) is 32.1 Å². The van der Waals surface area contributed by atoms with E-state index >= 15 is 0 Å². The van der Waals surface area contributed by atoms with Crippen LogP contribution >= 0.6 is 0 Å². The highest BCUT2D eigenvalue weighted by Gasteiger charge is 2.49. The minimum atomic E-state index is -3.32. The van der Waals surface area contributed by atoms with Gasteiger partial charge in [0.2, 0.25) is 0 Å². The molecule has 0 bridgehead atoms. The molecule has 0 aromatic carbocycles. The molecule has 0 radical (unpaired) electrons. The van der Waals surface area contributed by atoms with Crippen molar-refractivity contribution in [1.29, 1.82) is 0 Å². The lowest BCUT2D eigenvalue weighted by Gasteiger charge is -2.17. The summed E-state index contributed by atoms with van der Waals surface area (Å²) in [6.45, 7) is 4.63. The maximum absolute atomic E-state index is 10.8. The molecule has 1 heterocycles. The second-order valence-electron chi connectivity index (χ2n) is 5.02. The fourth-order valence-corrected chi connectivity index (χ4v) is 2.48. The highest BCUT2D eigenvalue weighted by atomic mass is 32.2. The van der Waals surface area contributed by atoms with Crippen LogP contribution < -0.4 is 0 Å². The van der Waals surface area contributed by atoms with Gasteiger partial charge in [-0.25, -0.2) is 0 Å². The van der Waals surface area contributed by atoms with Crippen molar-refractivity contribution in [2.24, 2.45) is 11.8 Å². The van der Waals surface area contributed by atoms with Crippen molar-refractivity contribution >= 4 is 10.1 Å². The molecule has 2 rings (SSSR count). The normalized spacial score (nSPS) is 37.6. The Balaban J connectivity index is 1.76. The molecule has 1 saturated heterocycles. The van der Waals surface area contributed by atoms with E-state index in [0.29, 0.717) is 12.5 Å². The van der Waals surface area contributed by atoms with Crippen molar-refractivity contribution in [2.75, 3.05) is 19.5 Å². The summed E-state index contributed by atoms with van der Waals surface area (Å²) in [4.78, 5) is 0. The van der Waals surface area contributed by atoms with E-state index in [0.717, 1.165) is 12.7 Å². The third kappa shape index (κ3) is 3.16. The molecule has 94 valence electrons. The van der Waals surface area contributed by atoms with Crippen molar-refractivity contribution in [3.63, 3.8) is 0 Å². The third-order valence-corrected chi connectivity index (χ3v) is 3.55. The van der Waals surface area contributed by atoms with Crippen LogP contribution in [0.25, 0.3) is 0 Å². The molecule has 1 saturated carbocycles. The standard InChI is InChI=1S/C10H18O5S/c1-10(2)13-6-9(15-10)8-4-7(8)5-14-16(3,11)12/h7-9H,4-6H2,1-3H3/t7-,8-,9-/m1/s1. The van der Waals surface area contributed by atoms with Crippen LogP contribution in [0, 0.1) is 11.8 Å². The average molecular weight is 250 g/mol.